The van der Waals surface area contributed by atoms with Crippen LogP contribution in [0, 0.1) is 0 Å². The first-order valence-electron chi connectivity index (χ1n) is 13.3. The highest BCUT2D eigenvalue weighted by atomic mass is 28.5. The van der Waals surface area contributed by atoms with Crippen molar-refractivity contribution in [3.8, 4) is 0 Å². The standard InChI is InChI=1S/C28H50O3Si6/c1-15-32(3,4)29-35(9,10)27-21-17-25(18-22-27)34(7,8)26-19-23-28(24-20-26)36(11,12)31-37(13,14)30-33(5,6)16-2/h15-24H,1-2H2,3-14H3. The molecule has 3 nitrogen and oxygen atoms in total. The van der Waals surface area contributed by atoms with Crippen molar-refractivity contribution >= 4 is 70.7 Å². The smallest absolute Gasteiger partial charge is 0.311 e. The molecule has 204 valence electrons. The third-order valence-electron chi connectivity index (χ3n) is 7.11. The molecule has 0 unspecified atom stereocenters. The summed E-state index contributed by atoms with van der Waals surface area (Å²) >= 11 is 0. The highest BCUT2D eigenvalue weighted by Crippen LogP contribution is 2.21. The van der Waals surface area contributed by atoms with Crippen molar-refractivity contribution in [3.05, 3.63) is 73.1 Å². The van der Waals surface area contributed by atoms with E-state index in [9.17, 15) is 0 Å². The summed E-state index contributed by atoms with van der Waals surface area (Å²) in [4.78, 5) is 0. The summed E-state index contributed by atoms with van der Waals surface area (Å²) in [5.74, 6) is 0. The van der Waals surface area contributed by atoms with Gasteiger partial charge in [-0.2, -0.15) is 0 Å². The fourth-order valence-electron chi connectivity index (χ4n) is 4.87. The van der Waals surface area contributed by atoms with Gasteiger partial charge in [0.1, 0.15) is 8.07 Å². The van der Waals surface area contributed by atoms with Gasteiger partial charge in [0.2, 0.25) is 16.6 Å². The fourth-order valence-corrected chi connectivity index (χ4v) is 26.5. The van der Waals surface area contributed by atoms with Gasteiger partial charge in [-0.15, -0.1) is 13.2 Å². The second-order valence-corrected chi connectivity index (χ2v) is 37.2. The van der Waals surface area contributed by atoms with Crippen molar-refractivity contribution in [1.29, 1.82) is 0 Å². The normalized spacial score (nSPS) is 13.9. The van der Waals surface area contributed by atoms with E-state index in [1.165, 1.54) is 20.7 Å². The predicted molar refractivity (Wildman–Crippen MR) is 180 cm³/mol. The lowest BCUT2D eigenvalue weighted by Gasteiger charge is -2.38. The minimum absolute atomic E-state index is 1.32. The zero-order chi connectivity index (χ0) is 28.5. The van der Waals surface area contributed by atoms with Crippen LogP contribution in [0.1, 0.15) is 0 Å². The number of rotatable bonds is 12. The molecule has 0 amide bonds. The molecule has 2 aromatic carbocycles. The molecule has 0 aliphatic rings. The van der Waals surface area contributed by atoms with Gasteiger partial charge in [-0.1, -0.05) is 83.4 Å². The van der Waals surface area contributed by atoms with Gasteiger partial charge < -0.3 is 12.3 Å². The lowest BCUT2D eigenvalue weighted by atomic mass is 10.3. The fraction of sp³-hybridized carbons (Fsp3) is 0.429. The maximum Gasteiger partial charge on any atom is 0.311 e. The van der Waals surface area contributed by atoms with E-state index in [4.69, 9.17) is 12.3 Å². The molecule has 0 aliphatic heterocycles. The Bertz CT molecular complexity index is 1090. The van der Waals surface area contributed by atoms with Gasteiger partial charge in [0.05, 0.1) is 0 Å². The minimum atomic E-state index is -2.27. The quantitative estimate of drug-likeness (QED) is 0.281. The molecule has 0 N–H and O–H groups in total. The van der Waals surface area contributed by atoms with Crippen molar-refractivity contribution in [2.24, 2.45) is 0 Å². The maximum absolute atomic E-state index is 6.79. The van der Waals surface area contributed by atoms with Crippen LogP contribution in [0.2, 0.25) is 78.6 Å². The van der Waals surface area contributed by atoms with Gasteiger partial charge in [0, 0.05) is 0 Å². The van der Waals surface area contributed by atoms with E-state index < -0.39 is 49.9 Å². The largest absolute Gasteiger partial charge is 0.449 e. The molecule has 0 atom stereocenters. The van der Waals surface area contributed by atoms with Crippen LogP contribution < -0.4 is 20.7 Å². The first-order chi connectivity index (χ1) is 16.7. The third-order valence-corrected chi connectivity index (χ3v) is 28.3. The second-order valence-electron chi connectivity index (χ2n) is 13.1. The van der Waals surface area contributed by atoms with E-state index in [-0.39, 0.29) is 0 Å². The third kappa shape index (κ3) is 8.54. The minimum Gasteiger partial charge on any atom is -0.449 e. The van der Waals surface area contributed by atoms with Crippen LogP contribution in [-0.4, -0.2) is 49.9 Å². The van der Waals surface area contributed by atoms with E-state index in [1.54, 1.807) is 0 Å². The summed E-state index contributed by atoms with van der Waals surface area (Å²) < 4.78 is 19.9. The van der Waals surface area contributed by atoms with Crippen LogP contribution in [0.25, 0.3) is 0 Å². The topological polar surface area (TPSA) is 27.7 Å². The zero-order valence-electron chi connectivity index (χ0n) is 25.4. The molecule has 0 heterocycles. The van der Waals surface area contributed by atoms with Gasteiger partial charge in [0.25, 0.3) is 0 Å². The summed E-state index contributed by atoms with van der Waals surface area (Å²) in [6, 6.07) is 18.6. The molecule has 0 saturated carbocycles. The Labute approximate surface area is 233 Å². The molecule has 0 aliphatic carbocycles. The van der Waals surface area contributed by atoms with Gasteiger partial charge in [-0.3, -0.25) is 0 Å². The van der Waals surface area contributed by atoms with Crippen LogP contribution in [0.4, 0.5) is 0 Å². The summed E-state index contributed by atoms with van der Waals surface area (Å²) in [6.45, 7) is 35.2. The summed E-state index contributed by atoms with van der Waals surface area (Å²) in [6.07, 6.45) is 0. The van der Waals surface area contributed by atoms with Crippen molar-refractivity contribution in [2.45, 2.75) is 78.6 Å². The molecule has 0 spiro atoms. The molecule has 9 heteroatoms. The van der Waals surface area contributed by atoms with Crippen LogP contribution in [-0.2, 0) is 12.3 Å². The van der Waals surface area contributed by atoms with E-state index in [2.05, 4.69) is 140 Å². The summed E-state index contributed by atoms with van der Waals surface area (Å²) in [7, 11) is -11.9. The van der Waals surface area contributed by atoms with E-state index in [0.29, 0.717) is 0 Å². The predicted octanol–water partition coefficient (Wildman–Crippen LogP) is 5.95. The van der Waals surface area contributed by atoms with Crippen molar-refractivity contribution in [3.63, 3.8) is 0 Å². The summed E-state index contributed by atoms with van der Waals surface area (Å²) in [5, 5.41) is 5.55. The molecular formula is C28H50O3Si6. The van der Waals surface area contributed by atoms with Crippen molar-refractivity contribution in [2.75, 3.05) is 0 Å². The molecule has 2 rings (SSSR count). The van der Waals surface area contributed by atoms with Crippen LogP contribution in [0.5, 0.6) is 0 Å². The molecule has 2 aromatic rings. The highest BCUT2D eigenvalue weighted by molar-refractivity contribution is 7.01. The molecular weight excluding hydrogens is 553 g/mol. The highest BCUT2D eigenvalue weighted by Gasteiger charge is 2.40. The monoisotopic (exact) mass is 602 g/mol. The van der Waals surface area contributed by atoms with Crippen LogP contribution in [0.3, 0.4) is 0 Å². The van der Waals surface area contributed by atoms with Crippen molar-refractivity contribution in [1.82, 2.24) is 0 Å². The van der Waals surface area contributed by atoms with Gasteiger partial charge in [-0.25, -0.2) is 0 Å². The Kier molecular flexibility index (Phi) is 9.87. The first-order valence-corrected chi connectivity index (χ1v) is 30.9. The van der Waals surface area contributed by atoms with E-state index in [0.717, 1.165) is 0 Å². The maximum atomic E-state index is 6.79. The average molecular weight is 603 g/mol. The van der Waals surface area contributed by atoms with Gasteiger partial charge >= 0.3 is 8.56 Å². The number of hydrogen-bond donors (Lipinski definition) is 0. The molecule has 0 radical (unpaired) electrons. The first kappa shape index (κ1) is 32.3. The SMILES string of the molecule is C=C[Si](C)(C)O[Si](C)(C)O[Si](C)(C)c1ccc([Si](C)(C)c2ccc([Si](C)(C)O[Si](C)(C)C=C)cc2)cc1. The molecule has 0 aromatic heterocycles. The molecule has 0 saturated heterocycles. The molecule has 0 bridgehead atoms. The lowest BCUT2D eigenvalue weighted by Crippen LogP contribution is -2.58. The zero-order valence-corrected chi connectivity index (χ0v) is 31.4. The van der Waals surface area contributed by atoms with Crippen LogP contribution >= 0.6 is 0 Å². The lowest BCUT2D eigenvalue weighted by molar-refractivity contribution is 0.400. The number of benzene rings is 2. The summed E-state index contributed by atoms with van der Waals surface area (Å²) in [5.41, 5.74) is 4.03. The van der Waals surface area contributed by atoms with Gasteiger partial charge in [0.15, 0.2) is 16.6 Å². The van der Waals surface area contributed by atoms with Crippen molar-refractivity contribution < 1.29 is 12.3 Å². The Morgan fingerprint density at radius 1 is 0.459 bits per heavy atom. The Morgan fingerprint density at radius 2 is 0.757 bits per heavy atom. The number of hydrogen-bond acceptors (Lipinski definition) is 3. The van der Waals surface area contributed by atoms with Crippen LogP contribution in [0.15, 0.2) is 73.1 Å². The van der Waals surface area contributed by atoms with E-state index >= 15 is 0 Å². The molecule has 37 heavy (non-hydrogen) atoms. The second kappa shape index (κ2) is 11.3. The Hall–Kier alpha value is -0.899. The van der Waals surface area contributed by atoms with Gasteiger partial charge in [-0.05, 0) is 75.8 Å². The Balaban J connectivity index is 2.25. The Morgan fingerprint density at radius 3 is 1.11 bits per heavy atom. The van der Waals surface area contributed by atoms with E-state index in [1.807, 2.05) is 11.4 Å². The average Bonchev–Trinajstić information content (AvgIpc) is 2.77. The molecule has 0 fully saturated rings.